The molecule has 3 rings (SSSR count). The van der Waals surface area contributed by atoms with Gasteiger partial charge in [0.05, 0.1) is 31.5 Å². The van der Waals surface area contributed by atoms with Crippen LogP contribution in [0, 0.1) is 11.3 Å². The van der Waals surface area contributed by atoms with Crippen molar-refractivity contribution in [3.63, 3.8) is 0 Å². The molecule has 0 unspecified atom stereocenters. The molecular formula is C21H19N3O5. The summed E-state index contributed by atoms with van der Waals surface area (Å²) in [6.07, 6.45) is 1.13. The second kappa shape index (κ2) is 8.91. The molecule has 1 aliphatic rings. The Balaban J connectivity index is 1.86. The summed E-state index contributed by atoms with van der Waals surface area (Å²) in [7, 11) is 1.47. The van der Waals surface area contributed by atoms with Crippen LogP contribution in [-0.2, 0) is 16.2 Å². The predicted octanol–water partition coefficient (Wildman–Crippen LogP) is 1.80. The van der Waals surface area contributed by atoms with Crippen molar-refractivity contribution in [2.45, 2.75) is 6.61 Å². The molecule has 0 radical (unpaired) electrons. The summed E-state index contributed by atoms with van der Waals surface area (Å²) in [5, 5.41) is 21.3. The maximum atomic E-state index is 12.4. The van der Waals surface area contributed by atoms with Crippen molar-refractivity contribution in [1.29, 1.82) is 5.26 Å². The number of nitrogens with one attached hydrogen (secondary N) is 1. The predicted molar refractivity (Wildman–Crippen MR) is 104 cm³/mol. The van der Waals surface area contributed by atoms with Crippen LogP contribution >= 0.6 is 0 Å². The van der Waals surface area contributed by atoms with E-state index in [1.54, 1.807) is 6.07 Å². The van der Waals surface area contributed by atoms with Gasteiger partial charge in [-0.15, -0.1) is 0 Å². The Hall–Kier alpha value is -3.83. The molecule has 0 atom stereocenters. The summed E-state index contributed by atoms with van der Waals surface area (Å²) in [4.78, 5) is 25.2. The monoisotopic (exact) mass is 393 g/mol. The normalized spacial score (nSPS) is 13.1. The van der Waals surface area contributed by atoms with Crippen molar-refractivity contribution in [2.24, 2.45) is 0 Å². The lowest BCUT2D eigenvalue weighted by atomic mass is 10.1. The van der Waals surface area contributed by atoms with Crippen molar-refractivity contribution in [2.75, 3.05) is 25.6 Å². The van der Waals surface area contributed by atoms with E-state index in [0.717, 1.165) is 16.5 Å². The number of aliphatic hydroxyl groups is 1. The topological polar surface area (TPSA) is 112 Å². The van der Waals surface area contributed by atoms with Crippen molar-refractivity contribution in [3.05, 3.63) is 65.4 Å². The zero-order valence-corrected chi connectivity index (χ0v) is 15.7. The fraction of sp³-hybridized carbons (Fsp3) is 0.190. The lowest BCUT2D eigenvalue weighted by molar-refractivity contribution is -0.137. The Morgan fingerprint density at radius 2 is 1.93 bits per heavy atom. The first-order chi connectivity index (χ1) is 14.1. The van der Waals surface area contributed by atoms with Gasteiger partial charge in [0, 0.05) is 18.2 Å². The molecular weight excluding hydrogens is 374 g/mol. The molecule has 8 heteroatoms. The molecule has 0 aromatic heterocycles. The molecule has 2 N–H and O–H groups in total. The van der Waals surface area contributed by atoms with Crippen LogP contribution in [0.3, 0.4) is 0 Å². The highest BCUT2D eigenvalue weighted by Crippen LogP contribution is 2.35. The van der Waals surface area contributed by atoms with Crippen LogP contribution in [-0.4, -0.2) is 42.1 Å². The maximum absolute atomic E-state index is 12.4. The summed E-state index contributed by atoms with van der Waals surface area (Å²) in [5.41, 5.74) is 1.48. The number of hydrogen-bond donors (Lipinski definition) is 2. The zero-order valence-electron chi connectivity index (χ0n) is 15.7. The van der Waals surface area contributed by atoms with Gasteiger partial charge in [0.15, 0.2) is 11.5 Å². The molecule has 1 aliphatic heterocycles. The summed E-state index contributed by atoms with van der Waals surface area (Å²) >= 11 is 0. The van der Waals surface area contributed by atoms with E-state index in [1.807, 2.05) is 36.4 Å². The van der Waals surface area contributed by atoms with Crippen LogP contribution in [0.2, 0.25) is 0 Å². The number of benzene rings is 2. The minimum absolute atomic E-state index is 0.0131. The molecule has 0 bridgehead atoms. The molecule has 0 saturated carbocycles. The van der Waals surface area contributed by atoms with Crippen LogP contribution in [0.25, 0.3) is 0 Å². The van der Waals surface area contributed by atoms with E-state index in [1.165, 1.54) is 13.2 Å². The molecule has 1 heterocycles. The second-order valence-corrected chi connectivity index (χ2v) is 6.14. The van der Waals surface area contributed by atoms with Gasteiger partial charge in [-0.3, -0.25) is 14.5 Å². The van der Waals surface area contributed by atoms with Gasteiger partial charge in [0.2, 0.25) is 0 Å². The standard InChI is InChI=1S/C21H19N3O5/c1-28-18-9-15(12-22)16(10-19(18)29-13-14-5-3-2-4-6-14)23-17-11-20(26)24(7-8-25)21(17)27/h2-6,9-11,23,25H,7-8,13H2,1H3. The van der Waals surface area contributed by atoms with Gasteiger partial charge < -0.3 is 19.9 Å². The maximum Gasteiger partial charge on any atom is 0.277 e. The minimum atomic E-state index is -0.574. The van der Waals surface area contributed by atoms with Gasteiger partial charge in [0.25, 0.3) is 11.8 Å². The first-order valence-electron chi connectivity index (χ1n) is 8.81. The minimum Gasteiger partial charge on any atom is -0.493 e. The van der Waals surface area contributed by atoms with Gasteiger partial charge >= 0.3 is 0 Å². The summed E-state index contributed by atoms with van der Waals surface area (Å²) in [5.74, 6) is -0.357. The molecule has 0 saturated heterocycles. The third kappa shape index (κ3) is 4.36. The lowest BCUT2D eigenvalue weighted by Gasteiger charge is -2.16. The van der Waals surface area contributed by atoms with Gasteiger partial charge in [-0.1, -0.05) is 30.3 Å². The number of ether oxygens (including phenoxy) is 2. The fourth-order valence-corrected chi connectivity index (χ4v) is 2.82. The van der Waals surface area contributed by atoms with Gasteiger partial charge in [-0.05, 0) is 5.56 Å². The Morgan fingerprint density at radius 1 is 1.17 bits per heavy atom. The highest BCUT2D eigenvalue weighted by molar-refractivity contribution is 6.17. The molecule has 0 fully saturated rings. The molecule has 0 spiro atoms. The van der Waals surface area contributed by atoms with Crippen molar-refractivity contribution in [3.8, 4) is 17.6 Å². The number of methoxy groups -OCH3 is 1. The first kappa shape index (κ1) is 19.9. The molecule has 0 aliphatic carbocycles. The van der Waals surface area contributed by atoms with E-state index in [-0.39, 0.29) is 31.0 Å². The number of rotatable bonds is 8. The summed E-state index contributed by atoms with van der Waals surface area (Å²) in [6.45, 7) is -0.145. The van der Waals surface area contributed by atoms with Crippen LogP contribution in [0.4, 0.5) is 5.69 Å². The number of anilines is 1. The third-order valence-corrected chi connectivity index (χ3v) is 4.26. The van der Waals surface area contributed by atoms with Crippen LogP contribution in [0.5, 0.6) is 11.5 Å². The Morgan fingerprint density at radius 3 is 2.59 bits per heavy atom. The molecule has 8 nitrogen and oxygen atoms in total. The molecule has 29 heavy (non-hydrogen) atoms. The SMILES string of the molecule is COc1cc(C#N)c(NC2=CC(=O)N(CCO)C2=O)cc1OCc1ccccc1. The van der Waals surface area contributed by atoms with Crippen LogP contribution in [0.15, 0.2) is 54.2 Å². The number of amides is 2. The van der Waals surface area contributed by atoms with E-state index >= 15 is 0 Å². The average molecular weight is 393 g/mol. The highest BCUT2D eigenvalue weighted by atomic mass is 16.5. The Labute approximate surface area is 167 Å². The molecule has 2 aromatic rings. The number of hydrogen-bond acceptors (Lipinski definition) is 7. The smallest absolute Gasteiger partial charge is 0.277 e. The van der Waals surface area contributed by atoms with Crippen LogP contribution in [0.1, 0.15) is 11.1 Å². The Kier molecular flexibility index (Phi) is 6.12. The number of nitriles is 1. The van der Waals surface area contributed by atoms with E-state index < -0.39 is 11.8 Å². The van der Waals surface area contributed by atoms with Gasteiger partial charge in [0.1, 0.15) is 18.4 Å². The molecule has 2 aromatic carbocycles. The quantitative estimate of drug-likeness (QED) is 0.658. The van der Waals surface area contributed by atoms with Crippen molar-refractivity contribution < 1.29 is 24.2 Å². The number of β-amino-alcohol motifs (C(OH)–C–C–N with tert-alkyl or cyclic N) is 1. The number of imide groups is 1. The summed E-state index contributed by atoms with van der Waals surface area (Å²) in [6, 6.07) is 14.6. The lowest BCUT2D eigenvalue weighted by Crippen LogP contribution is -2.34. The number of carbonyl (C=O) groups excluding carboxylic acids is 2. The van der Waals surface area contributed by atoms with Gasteiger partial charge in [-0.2, -0.15) is 5.26 Å². The fourth-order valence-electron chi connectivity index (χ4n) is 2.82. The van der Waals surface area contributed by atoms with Gasteiger partial charge in [-0.25, -0.2) is 0 Å². The highest BCUT2D eigenvalue weighted by Gasteiger charge is 2.31. The first-order valence-corrected chi connectivity index (χ1v) is 8.81. The Bertz CT molecular complexity index is 995. The number of nitrogens with zero attached hydrogens (tertiary/aromatic N) is 2. The number of aliphatic hydroxyl groups excluding tert-OH is 1. The van der Waals surface area contributed by atoms with E-state index in [9.17, 15) is 14.9 Å². The average Bonchev–Trinajstić information content (AvgIpc) is 3.00. The molecule has 148 valence electrons. The third-order valence-electron chi connectivity index (χ3n) is 4.26. The van der Waals surface area contributed by atoms with Crippen molar-refractivity contribution in [1.82, 2.24) is 4.90 Å². The van der Waals surface area contributed by atoms with E-state index in [4.69, 9.17) is 14.6 Å². The summed E-state index contributed by atoms with van der Waals surface area (Å²) < 4.78 is 11.2. The number of carbonyl (C=O) groups is 2. The van der Waals surface area contributed by atoms with Crippen molar-refractivity contribution >= 4 is 17.5 Å². The largest absolute Gasteiger partial charge is 0.493 e. The second-order valence-electron chi connectivity index (χ2n) is 6.14. The van der Waals surface area contributed by atoms with E-state index in [2.05, 4.69) is 5.32 Å². The molecule has 2 amide bonds. The van der Waals surface area contributed by atoms with E-state index in [0.29, 0.717) is 17.2 Å². The van der Waals surface area contributed by atoms with Crippen LogP contribution < -0.4 is 14.8 Å². The zero-order chi connectivity index (χ0) is 20.8.